The second kappa shape index (κ2) is 6.18. The number of rotatable bonds is 4. The van der Waals surface area contributed by atoms with E-state index in [1.807, 2.05) is 0 Å². The van der Waals surface area contributed by atoms with Crippen LogP contribution in [0.15, 0.2) is 28.7 Å². The predicted octanol–water partition coefficient (Wildman–Crippen LogP) is 3.07. The van der Waals surface area contributed by atoms with E-state index in [-0.39, 0.29) is 0 Å². The Labute approximate surface area is 119 Å². The number of nitrogens with one attached hydrogen (secondary N) is 1. The summed E-state index contributed by atoms with van der Waals surface area (Å²) in [6.45, 7) is 9.26. The zero-order chi connectivity index (χ0) is 13.0. The van der Waals surface area contributed by atoms with Gasteiger partial charge in [-0.15, -0.1) is 0 Å². The molecule has 18 heavy (non-hydrogen) atoms. The number of benzene rings is 1. The van der Waals surface area contributed by atoms with E-state index in [0.29, 0.717) is 5.54 Å². The van der Waals surface area contributed by atoms with Gasteiger partial charge in [-0.05, 0) is 50.9 Å². The third-order valence-corrected chi connectivity index (χ3v) is 4.25. The van der Waals surface area contributed by atoms with Crippen molar-refractivity contribution in [2.75, 3.05) is 26.2 Å². The summed E-state index contributed by atoms with van der Waals surface area (Å²) in [5.41, 5.74) is 1.73. The summed E-state index contributed by atoms with van der Waals surface area (Å²) in [7, 11) is 0. The number of piperazine rings is 1. The Kier molecular flexibility index (Phi) is 4.82. The van der Waals surface area contributed by atoms with Gasteiger partial charge >= 0.3 is 0 Å². The fourth-order valence-corrected chi connectivity index (χ4v) is 3.05. The topological polar surface area (TPSA) is 15.3 Å². The van der Waals surface area contributed by atoms with Crippen molar-refractivity contribution in [1.82, 2.24) is 10.2 Å². The molecule has 0 radical (unpaired) electrons. The molecule has 0 aliphatic carbocycles. The van der Waals surface area contributed by atoms with Crippen LogP contribution in [0.25, 0.3) is 0 Å². The van der Waals surface area contributed by atoms with Crippen molar-refractivity contribution in [1.29, 1.82) is 0 Å². The summed E-state index contributed by atoms with van der Waals surface area (Å²) in [6, 6.07) is 8.65. The van der Waals surface area contributed by atoms with E-state index in [9.17, 15) is 0 Å². The average Bonchev–Trinajstić information content (AvgIpc) is 2.31. The minimum atomic E-state index is 0.301. The number of halogens is 1. The van der Waals surface area contributed by atoms with Gasteiger partial charge in [0, 0.05) is 29.6 Å². The molecule has 1 aromatic rings. The number of hydrogen-bond acceptors (Lipinski definition) is 2. The smallest absolute Gasteiger partial charge is 0.0278 e. The zero-order valence-corrected chi connectivity index (χ0v) is 13.0. The lowest BCUT2D eigenvalue weighted by Gasteiger charge is -2.43. The maximum atomic E-state index is 3.53. The second-order valence-corrected chi connectivity index (χ2v) is 6.63. The molecule has 0 spiro atoms. The monoisotopic (exact) mass is 310 g/mol. The van der Waals surface area contributed by atoms with Gasteiger partial charge in [0.1, 0.15) is 0 Å². The molecular weight excluding hydrogens is 288 g/mol. The Bertz CT molecular complexity index is 390. The third kappa shape index (κ3) is 3.81. The molecule has 2 nitrogen and oxygen atoms in total. The van der Waals surface area contributed by atoms with Crippen LogP contribution >= 0.6 is 15.9 Å². The second-order valence-electron chi connectivity index (χ2n) is 5.71. The van der Waals surface area contributed by atoms with Crippen LogP contribution in [0.3, 0.4) is 0 Å². The molecule has 0 atom stereocenters. The lowest BCUT2D eigenvalue weighted by Crippen LogP contribution is -2.58. The van der Waals surface area contributed by atoms with Gasteiger partial charge in [-0.25, -0.2) is 0 Å². The molecule has 1 heterocycles. The lowest BCUT2D eigenvalue weighted by atomic mass is 9.99. The molecule has 1 N–H and O–H groups in total. The highest BCUT2D eigenvalue weighted by Gasteiger charge is 2.28. The molecule has 1 aliphatic rings. The molecule has 0 amide bonds. The van der Waals surface area contributed by atoms with Crippen LogP contribution in [-0.2, 0) is 6.42 Å². The molecule has 0 saturated carbocycles. The minimum absolute atomic E-state index is 0.301. The van der Waals surface area contributed by atoms with Crippen LogP contribution in [-0.4, -0.2) is 36.6 Å². The van der Waals surface area contributed by atoms with Crippen LogP contribution in [0, 0.1) is 0 Å². The van der Waals surface area contributed by atoms with E-state index in [1.54, 1.807) is 0 Å². The first-order valence-corrected chi connectivity index (χ1v) is 7.57. The van der Waals surface area contributed by atoms with Crippen LogP contribution in [0.5, 0.6) is 0 Å². The van der Waals surface area contributed by atoms with Crippen LogP contribution in [0.2, 0.25) is 0 Å². The fourth-order valence-electron chi connectivity index (χ4n) is 2.60. The Morgan fingerprint density at radius 2 is 2.22 bits per heavy atom. The molecule has 1 aromatic carbocycles. The van der Waals surface area contributed by atoms with Gasteiger partial charge in [-0.2, -0.15) is 0 Å². The highest BCUT2D eigenvalue weighted by atomic mass is 79.9. The highest BCUT2D eigenvalue weighted by Crippen LogP contribution is 2.18. The first-order chi connectivity index (χ1) is 8.58. The normalized spacial score (nSPS) is 19.9. The van der Waals surface area contributed by atoms with Crippen molar-refractivity contribution < 1.29 is 0 Å². The SMILES string of the molecule is CC1(C)CNCCN1CCCc1cccc(Br)c1. The first kappa shape index (κ1) is 14.0. The average molecular weight is 311 g/mol. The Morgan fingerprint density at radius 1 is 1.39 bits per heavy atom. The molecule has 1 fully saturated rings. The molecule has 1 saturated heterocycles. The molecule has 100 valence electrons. The fraction of sp³-hybridized carbons (Fsp3) is 0.600. The quantitative estimate of drug-likeness (QED) is 0.919. The van der Waals surface area contributed by atoms with Gasteiger partial charge in [-0.3, -0.25) is 4.90 Å². The van der Waals surface area contributed by atoms with Crippen LogP contribution in [0.1, 0.15) is 25.8 Å². The van der Waals surface area contributed by atoms with Crippen molar-refractivity contribution in [2.24, 2.45) is 0 Å². The Balaban J connectivity index is 1.81. The first-order valence-electron chi connectivity index (χ1n) is 6.78. The molecule has 3 heteroatoms. The van der Waals surface area contributed by atoms with Gasteiger partial charge < -0.3 is 5.32 Å². The van der Waals surface area contributed by atoms with Crippen molar-refractivity contribution in [3.05, 3.63) is 34.3 Å². The van der Waals surface area contributed by atoms with Crippen molar-refractivity contribution in [2.45, 2.75) is 32.2 Å². The van der Waals surface area contributed by atoms with Crippen LogP contribution < -0.4 is 5.32 Å². The maximum absolute atomic E-state index is 3.53. The number of hydrogen-bond donors (Lipinski definition) is 1. The number of nitrogens with zero attached hydrogens (tertiary/aromatic N) is 1. The molecule has 0 unspecified atom stereocenters. The Hall–Kier alpha value is -0.380. The van der Waals surface area contributed by atoms with Gasteiger partial charge in [-0.1, -0.05) is 28.1 Å². The Morgan fingerprint density at radius 3 is 2.94 bits per heavy atom. The van der Waals surface area contributed by atoms with Gasteiger partial charge in [0.05, 0.1) is 0 Å². The van der Waals surface area contributed by atoms with Crippen molar-refractivity contribution >= 4 is 15.9 Å². The van der Waals surface area contributed by atoms with Crippen molar-refractivity contribution in [3.63, 3.8) is 0 Å². The third-order valence-electron chi connectivity index (χ3n) is 3.75. The highest BCUT2D eigenvalue weighted by molar-refractivity contribution is 9.10. The summed E-state index contributed by atoms with van der Waals surface area (Å²) >= 11 is 3.53. The van der Waals surface area contributed by atoms with E-state index < -0.39 is 0 Å². The summed E-state index contributed by atoms with van der Waals surface area (Å²) in [4.78, 5) is 2.61. The lowest BCUT2D eigenvalue weighted by molar-refractivity contribution is 0.0895. The van der Waals surface area contributed by atoms with Gasteiger partial charge in [0.25, 0.3) is 0 Å². The largest absolute Gasteiger partial charge is 0.314 e. The molecule has 0 bridgehead atoms. The predicted molar refractivity (Wildman–Crippen MR) is 81.0 cm³/mol. The van der Waals surface area contributed by atoms with E-state index in [4.69, 9.17) is 0 Å². The van der Waals surface area contributed by atoms with Gasteiger partial charge in [0.15, 0.2) is 0 Å². The zero-order valence-electron chi connectivity index (χ0n) is 11.4. The standard InChI is InChI=1S/C15H23BrN2/c1-15(2)12-17-8-10-18(15)9-4-6-13-5-3-7-14(16)11-13/h3,5,7,11,17H,4,6,8-10,12H2,1-2H3. The summed E-state index contributed by atoms with van der Waals surface area (Å²) in [5.74, 6) is 0. The van der Waals surface area contributed by atoms with E-state index in [1.165, 1.54) is 36.0 Å². The van der Waals surface area contributed by atoms with E-state index >= 15 is 0 Å². The van der Waals surface area contributed by atoms with Crippen LogP contribution in [0.4, 0.5) is 0 Å². The molecule has 1 aliphatic heterocycles. The van der Waals surface area contributed by atoms with Gasteiger partial charge in [0.2, 0.25) is 0 Å². The summed E-state index contributed by atoms with van der Waals surface area (Å²) in [6.07, 6.45) is 2.40. The minimum Gasteiger partial charge on any atom is -0.314 e. The molecule has 0 aromatic heterocycles. The van der Waals surface area contributed by atoms with E-state index in [0.717, 1.165) is 13.1 Å². The molecule has 2 rings (SSSR count). The summed E-state index contributed by atoms with van der Waals surface area (Å²) in [5, 5.41) is 3.47. The maximum Gasteiger partial charge on any atom is 0.0278 e. The summed E-state index contributed by atoms with van der Waals surface area (Å²) < 4.78 is 1.18. The van der Waals surface area contributed by atoms with E-state index in [2.05, 4.69) is 64.3 Å². The molecular formula is C15H23BrN2. The van der Waals surface area contributed by atoms with Crippen molar-refractivity contribution in [3.8, 4) is 0 Å². The number of aryl methyl sites for hydroxylation is 1.